The topological polar surface area (TPSA) is 3.24 Å². The summed E-state index contributed by atoms with van der Waals surface area (Å²) in [7, 11) is -2.48. The molecule has 13 heavy (non-hydrogen) atoms. The first kappa shape index (κ1) is 15.1. The number of nitrogens with zero attached hydrogens (tertiary/aromatic N) is 1. The first-order valence-electron chi connectivity index (χ1n) is 4.24. The summed E-state index contributed by atoms with van der Waals surface area (Å²) >= 11 is 11.4. The fraction of sp³-hybridized carbons (Fsp3) is 1.00. The summed E-state index contributed by atoms with van der Waals surface area (Å²) < 4.78 is 1.07. The van der Waals surface area contributed by atoms with Crippen molar-refractivity contribution >= 4 is 66.4 Å². The Labute approximate surface area is 109 Å². The van der Waals surface area contributed by atoms with E-state index in [1.807, 2.05) is 0 Å². The molecule has 0 spiro atoms. The average molecular weight is 428 g/mol. The lowest BCUT2D eigenvalue weighted by atomic mass is 11.8. The van der Waals surface area contributed by atoms with Crippen LogP contribution in [0, 0.1) is 0 Å². The van der Waals surface area contributed by atoms with Crippen molar-refractivity contribution in [2.24, 2.45) is 0 Å². The summed E-state index contributed by atoms with van der Waals surface area (Å²) in [5.74, 6) is 0. The van der Waals surface area contributed by atoms with Gasteiger partial charge in [-0.3, -0.25) is 0 Å². The molecule has 0 fully saturated rings. The fourth-order valence-electron chi connectivity index (χ4n) is 1.77. The van der Waals surface area contributed by atoms with E-state index in [-0.39, 0.29) is 0 Å². The Hall–Kier alpha value is 2.05. The van der Waals surface area contributed by atoms with Crippen LogP contribution in [0.5, 0.6) is 0 Å². The third kappa shape index (κ3) is 5.08. The lowest BCUT2D eigenvalue weighted by Gasteiger charge is -2.47. The number of hydrogen-bond acceptors (Lipinski definition) is 1. The number of rotatable bonds is 3. The molecule has 0 atom stereocenters. The van der Waals surface area contributed by atoms with E-state index in [1.54, 1.807) is 0 Å². The highest BCUT2D eigenvalue weighted by Crippen LogP contribution is 2.39. The molecule has 0 rings (SSSR count). The monoisotopic (exact) mass is 425 g/mol. The van der Waals surface area contributed by atoms with Crippen LogP contribution >= 0.6 is 45.9 Å². The van der Waals surface area contributed by atoms with E-state index in [2.05, 4.69) is 89.1 Å². The van der Waals surface area contributed by atoms with E-state index in [1.165, 1.54) is 0 Å². The largest absolute Gasteiger partial charge is 0.342 e. The molecule has 0 bridgehead atoms. The molecule has 80 valence electrons. The molecule has 1 nitrogen and oxygen atoms in total. The third-order valence-corrected chi connectivity index (χ3v) is 23.9. The quantitative estimate of drug-likeness (QED) is 0.470. The van der Waals surface area contributed by atoms with Gasteiger partial charge in [-0.1, -0.05) is 85.2 Å². The average Bonchev–Trinajstić information content (AvgIpc) is 1.44. The predicted octanol–water partition coefficient (Wildman–Crippen LogP) is 4.58. The van der Waals surface area contributed by atoms with Crippen molar-refractivity contribution in [1.29, 1.82) is 0 Å². The van der Waals surface area contributed by atoms with Crippen molar-refractivity contribution in [3.8, 4) is 0 Å². The third-order valence-electron chi connectivity index (χ3n) is 1.60. The molecule has 0 saturated carbocycles. The molecule has 0 heterocycles. The Morgan fingerprint density at radius 2 is 0.923 bits per heavy atom. The van der Waals surface area contributed by atoms with Crippen LogP contribution in [-0.4, -0.2) is 24.5 Å². The zero-order valence-electron chi connectivity index (χ0n) is 9.08. The van der Waals surface area contributed by atoms with Crippen molar-refractivity contribution in [3.63, 3.8) is 0 Å². The molecule has 7 heteroatoms. The molecule has 0 N–H and O–H groups in total. The maximum Gasteiger partial charge on any atom is 0.331 e. The van der Waals surface area contributed by atoms with E-state index < -0.39 is 20.6 Å². The van der Waals surface area contributed by atoms with Crippen molar-refractivity contribution in [1.82, 2.24) is 3.90 Å². The van der Waals surface area contributed by atoms with Crippen molar-refractivity contribution in [2.45, 2.75) is 39.3 Å². The first-order chi connectivity index (χ1) is 5.37. The standard InChI is InChI=1S/C6H18Br3NSi3/c1-11(2,3)10(12(4,5)6)13(7,8)9/h1-6H3. The first-order valence-corrected chi connectivity index (χ1v) is 19.9. The molecule has 0 saturated heterocycles. The summed E-state index contributed by atoms with van der Waals surface area (Å²) in [5.41, 5.74) is 0. The van der Waals surface area contributed by atoms with Crippen molar-refractivity contribution < 1.29 is 0 Å². The Morgan fingerprint density at radius 3 is 0.923 bits per heavy atom. The van der Waals surface area contributed by atoms with Crippen molar-refractivity contribution in [3.05, 3.63) is 0 Å². The van der Waals surface area contributed by atoms with Gasteiger partial charge in [0.2, 0.25) is 0 Å². The van der Waals surface area contributed by atoms with E-state index in [4.69, 9.17) is 0 Å². The van der Waals surface area contributed by atoms with Gasteiger partial charge in [-0.05, 0) is 0 Å². The molecule has 0 radical (unpaired) electrons. The van der Waals surface area contributed by atoms with Gasteiger partial charge in [0.15, 0.2) is 0 Å². The molecule has 0 aromatic heterocycles. The minimum Gasteiger partial charge on any atom is -0.342 e. The van der Waals surface area contributed by atoms with Crippen molar-refractivity contribution in [2.75, 3.05) is 0 Å². The Kier molecular flexibility index (Phi) is 5.21. The van der Waals surface area contributed by atoms with Gasteiger partial charge in [-0.25, -0.2) is 0 Å². The van der Waals surface area contributed by atoms with Crippen LogP contribution in [0.3, 0.4) is 0 Å². The maximum absolute atomic E-state index is 3.78. The highest BCUT2D eigenvalue weighted by Gasteiger charge is 2.46. The van der Waals surface area contributed by atoms with E-state index in [9.17, 15) is 0 Å². The van der Waals surface area contributed by atoms with Gasteiger partial charge in [-0.15, -0.1) is 0 Å². The van der Waals surface area contributed by atoms with Gasteiger partial charge in [0.25, 0.3) is 0 Å². The van der Waals surface area contributed by atoms with E-state index >= 15 is 0 Å². The lowest BCUT2D eigenvalue weighted by molar-refractivity contribution is 0.962. The minimum atomic E-state index is -1.66. The number of halogens is 3. The SMILES string of the molecule is C[Si](C)(C)N([Si](C)(C)C)[Si](Br)(Br)Br. The lowest BCUT2D eigenvalue weighted by Crippen LogP contribution is -2.65. The van der Waals surface area contributed by atoms with Gasteiger partial charge >= 0.3 is 4.09 Å². The van der Waals surface area contributed by atoms with Crippen LogP contribution < -0.4 is 0 Å². The van der Waals surface area contributed by atoms with Crippen LogP contribution in [0.25, 0.3) is 0 Å². The smallest absolute Gasteiger partial charge is 0.331 e. The van der Waals surface area contributed by atoms with Crippen LogP contribution in [0.4, 0.5) is 0 Å². The highest BCUT2D eigenvalue weighted by molar-refractivity contribution is 9.71. The summed E-state index contributed by atoms with van der Waals surface area (Å²) in [6, 6.07) is 0. The van der Waals surface area contributed by atoms with Crippen LogP contribution in [0.2, 0.25) is 39.3 Å². The molecule has 0 aliphatic rings. The predicted molar refractivity (Wildman–Crippen MR) is 81.1 cm³/mol. The fourth-order valence-corrected chi connectivity index (χ4v) is 44.6. The number of hydrogen-bond donors (Lipinski definition) is 0. The zero-order valence-corrected chi connectivity index (χ0v) is 16.8. The van der Waals surface area contributed by atoms with Gasteiger partial charge in [0.1, 0.15) is 16.5 Å². The molecular formula is C6H18Br3NSi3. The van der Waals surface area contributed by atoms with Gasteiger partial charge in [0.05, 0.1) is 0 Å². The normalized spacial score (nSPS) is 15.2. The van der Waals surface area contributed by atoms with Crippen LogP contribution in [-0.2, 0) is 0 Å². The highest BCUT2D eigenvalue weighted by atomic mass is 80.0. The second-order valence-electron chi connectivity index (χ2n) is 5.14. The van der Waals surface area contributed by atoms with Gasteiger partial charge in [-0.2, -0.15) is 0 Å². The van der Waals surface area contributed by atoms with E-state index in [0.717, 1.165) is 0 Å². The molecule has 0 aromatic carbocycles. The molecule has 0 amide bonds. The summed E-state index contributed by atoms with van der Waals surface area (Å²) in [5, 5.41) is 0. The molecular weight excluding hydrogens is 410 g/mol. The van der Waals surface area contributed by atoms with Crippen LogP contribution in [0.1, 0.15) is 0 Å². The Bertz CT molecular complexity index is 146. The van der Waals surface area contributed by atoms with Gasteiger partial charge < -0.3 is 3.90 Å². The van der Waals surface area contributed by atoms with Gasteiger partial charge in [0, 0.05) is 0 Å². The molecule has 0 unspecified atom stereocenters. The summed E-state index contributed by atoms with van der Waals surface area (Å²) in [6.45, 7) is 14.4. The zero-order chi connectivity index (χ0) is 11.1. The summed E-state index contributed by atoms with van der Waals surface area (Å²) in [6.07, 6.45) is 0. The van der Waals surface area contributed by atoms with E-state index in [0.29, 0.717) is 0 Å². The summed E-state index contributed by atoms with van der Waals surface area (Å²) in [4.78, 5) is 0. The molecule has 0 aliphatic carbocycles. The van der Waals surface area contributed by atoms with Crippen LogP contribution in [0.15, 0.2) is 0 Å². The Morgan fingerprint density at radius 1 is 0.692 bits per heavy atom. The minimum absolute atomic E-state index is 1.24. The molecule has 0 aromatic rings. The second kappa shape index (κ2) is 4.50. The second-order valence-corrected chi connectivity index (χ2v) is 37.4. The maximum atomic E-state index is 3.78. The Balaban J connectivity index is 5.02. The molecule has 0 aliphatic heterocycles.